The average molecular weight is 450 g/mol. The van der Waals surface area contributed by atoms with E-state index in [4.69, 9.17) is 0 Å². The van der Waals surface area contributed by atoms with Crippen LogP contribution in [-0.4, -0.2) is 3.21 Å². The Hall–Kier alpha value is -0.807. The summed E-state index contributed by atoms with van der Waals surface area (Å²) >= 11 is -1.97. The summed E-state index contributed by atoms with van der Waals surface area (Å²) in [5.74, 6) is 1.91. The Morgan fingerprint density at radius 2 is 1.50 bits per heavy atom. The van der Waals surface area contributed by atoms with Crippen molar-refractivity contribution in [2.45, 2.75) is 74.3 Å². The molecule has 0 N–H and O–H groups in total. The molecule has 2 saturated carbocycles. The summed E-state index contributed by atoms with van der Waals surface area (Å²) in [4.78, 5) is 0. The fourth-order valence-electron chi connectivity index (χ4n) is 6.31. The molecule has 146 valence electrons. The zero-order valence-electron chi connectivity index (χ0n) is 17.2. The summed E-state index contributed by atoms with van der Waals surface area (Å²) in [7, 11) is 0. The van der Waals surface area contributed by atoms with Crippen LogP contribution in [0.4, 0.5) is 0 Å². The van der Waals surface area contributed by atoms with E-state index in [1.807, 2.05) is 3.28 Å². The fraction of sp³-hybridized carbons (Fsp3) is 0.519. The monoisotopic (exact) mass is 448 g/mol. The molecule has 1 aromatic rings. The molecule has 1 unspecified atom stereocenters. The Morgan fingerprint density at radius 3 is 2.14 bits per heavy atom. The molecule has 0 bridgehead atoms. The molecular weight excluding hydrogens is 416 g/mol. The molecule has 5 rings (SSSR count). The number of benzene rings is 1. The number of allylic oxidation sites excluding steroid dienone is 5. The summed E-state index contributed by atoms with van der Waals surface area (Å²) in [5, 5.41) is 0. The number of rotatable bonds is 4. The zero-order valence-corrected chi connectivity index (χ0v) is 19.7. The van der Waals surface area contributed by atoms with Gasteiger partial charge in [-0.15, -0.1) is 0 Å². The molecule has 0 saturated heterocycles. The van der Waals surface area contributed by atoms with Crippen molar-refractivity contribution in [2.75, 3.05) is 0 Å². The first-order valence-electron chi connectivity index (χ1n) is 11.8. The second kappa shape index (κ2) is 8.91. The van der Waals surface area contributed by atoms with Crippen LogP contribution >= 0.6 is 0 Å². The van der Waals surface area contributed by atoms with Gasteiger partial charge in [0.2, 0.25) is 0 Å². The minimum absolute atomic E-state index is 0.753. The van der Waals surface area contributed by atoms with E-state index in [-0.39, 0.29) is 0 Å². The van der Waals surface area contributed by atoms with Crippen molar-refractivity contribution in [2.24, 2.45) is 11.8 Å². The number of hydrogen-bond donors (Lipinski definition) is 0. The molecule has 0 aromatic heterocycles. The van der Waals surface area contributed by atoms with E-state index in [2.05, 4.69) is 57.9 Å². The van der Waals surface area contributed by atoms with E-state index in [0.717, 1.165) is 15.5 Å². The molecular formula is C27H34Zr. The van der Waals surface area contributed by atoms with Gasteiger partial charge in [-0.2, -0.15) is 0 Å². The third-order valence-corrected chi connectivity index (χ3v) is 16.5. The average Bonchev–Trinajstić information content (AvgIpc) is 3.44. The molecule has 0 amide bonds. The van der Waals surface area contributed by atoms with E-state index >= 15 is 0 Å². The van der Waals surface area contributed by atoms with Gasteiger partial charge in [0.05, 0.1) is 0 Å². The fourth-order valence-corrected chi connectivity index (χ4v) is 16.3. The summed E-state index contributed by atoms with van der Waals surface area (Å²) in [6, 6.07) is 9.29. The first-order chi connectivity index (χ1) is 13.9. The number of hydrogen-bond acceptors (Lipinski definition) is 0. The maximum absolute atomic E-state index is 2.63. The van der Waals surface area contributed by atoms with Crippen LogP contribution in [0.3, 0.4) is 0 Å². The summed E-state index contributed by atoms with van der Waals surface area (Å²) in [6.45, 7) is 0. The molecule has 28 heavy (non-hydrogen) atoms. The Morgan fingerprint density at radius 1 is 0.821 bits per heavy atom. The zero-order chi connectivity index (χ0) is 18.8. The molecule has 0 spiro atoms. The van der Waals surface area contributed by atoms with Crippen LogP contribution < -0.4 is 0 Å². The van der Waals surface area contributed by atoms with Crippen molar-refractivity contribution in [3.63, 3.8) is 0 Å². The van der Waals surface area contributed by atoms with Crippen molar-refractivity contribution in [3.8, 4) is 0 Å². The van der Waals surface area contributed by atoms with Crippen LogP contribution in [0.15, 0.2) is 51.9 Å². The van der Waals surface area contributed by atoms with Gasteiger partial charge in [0.25, 0.3) is 0 Å². The Bertz CT molecular complexity index is 806. The number of fused-ring (bicyclic) bond motifs is 1. The standard InChI is InChI=1S/C13H22.C9H7.C5H5.Zr/c1-3-7-12(8-4-1)11-13-9-5-2-6-10-13;1-2-5-9-7-3-6-8(9)4-1;1-2-4-5-3-1;/h12-13H,1-10H2;1-7H;1-3H,4H2;. The van der Waals surface area contributed by atoms with Gasteiger partial charge in [-0.25, -0.2) is 0 Å². The van der Waals surface area contributed by atoms with Gasteiger partial charge in [0.15, 0.2) is 0 Å². The molecule has 4 aliphatic carbocycles. The van der Waals surface area contributed by atoms with Crippen molar-refractivity contribution in [1.29, 1.82) is 0 Å². The first kappa shape index (κ1) is 19.2. The quantitative estimate of drug-likeness (QED) is 0.445. The predicted octanol–water partition coefficient (Wildman–Crippen LogP) is 7.55. The molecule has 0 nitrogen and oxygen atoms in total. The van der Waals surface area contributed by atoms with Gasteiger partial charge >= 0.3 is 180 Å². The molecule has 0 heterocycles. The Balaban J connectivity index is 1.64. The van der Waals surface area contributed by atoms with Crippen molar-refractivity contribution >= 4 is 9.28 Å². The van der Waals surface area contributed by atoms with E-state index < -0.39 is 21.3 Å². The summed E-state index contributed by atoms with van der Waals surface area (Å²) < 4.78 is 4.81. The third kappa shape index (κ3) is 3.81. The summed E-state index contributed by atoms with van der Waals surface area (Å²) in [6.07, 6.45) is 28.5. The van der Waals surface area contributed by atoms with Gasteiger partial charge in [-0.3, -0.25) is 0 Å². The van der Waals surface area contributed by atoms with Crippen LogP contribution in [-0.2, 0) is 21.3 Å². The predicted molar refractivity (Wildman–Crippen MR) is 118 cm³/mol. The molecule has 0 aliphatic heterocycles. The van der Waals surface area contributed by atoms with Crippen LogP contribution in [0.2, 0.25) is 0 Å². The van der Waals surface area contributed by atoms with Crippen LogP contribution in [0.1, 0.15) is 85.4 Å². The van der Waals surface area contributed by atoms with Gasteiger partial charge in [-0.05, 0) is 0 Å². The van der Waals surface area contributed by atoms with E-state index in [1.165, 1.54) is 76.2 Å². The van der Waals surface area contributed by atoms with Crippen LogP contribution in [0, 0.1) is 11.8 Å². The second-order valence-electron chi connectivity index (χ2n) is 9.33. The van der Waals surface area contributed by atoms with Crippen molar-refractivity contribution < 1.29 is 21.3 Å². The van der Waals surface area contributed by atoms with Crippen molar-refractivity contribution in [3.05, 3.63) is 63.0 Å². The Labute approximate surface area is 179 Å². The third-order valence-electron chi connectivity index (χ3n) is 7.63. The Kier molecular flexibility index (Phi) is 6.10. The molecule has 1 heteroatoms. The maximum atomic E-state index is 2.63. The molecule has 1 atom stereocenters. The van der Waals surface area contributed by atoms with Gasteiger partial charge in [0, 0.05) is 0 Å². The van der Waals surface area contributed by atoms with E-state index in [9.17, 15) is 0 Å². The normalized spacial score (nSPS) is 25.0. The van der Waals surface area contributed by atoms with Gasteiger partial charge in [-0.1, -0.05) is 0 Å². The first-order valence-corrected chi connectivity index (χ1v) is 15.7. The minimum atomic E-state index is -1.97. The molecule has 2 fully saturated rings. The molecule has 4 aliphatic rings. The van der Waals surface area contributed by atoms with Crippen molar-refractivity contribution in [1.82, 2.24) is 0 Å². The SMILES string of the molecule is C1=CC[C]([Zr](=[C](C2CCCCC2)C2CCCCC2)[CH]2C=Cc3ccccc32)=C1. The molecule has 0 radical (unpaired) electrons. The van der Waals surface area contributed by atoms with Gasteiger partial charge < -0.3 is 0 Å². The van der Waals surface area contributed by atoms with E-state index in [0.29, 0.717) is 0 Å². The van der Waals surface area contributed by atoms with E-state index in [1.54, 1.807) is 5.56 Å². The van der Waals surface area contributed by atoms with Crippen LogP contribution in [0.5, 0.6) is 0 Å². The molecule has 1 aromatic carbocycles. The van der Waals surface area contributed by atoms with Crippen LogP contribution in [0.25, 0.3) is 6.08 Å². The second-order valence-corrected chi connectivity index (χ2v) is 15.9. The van der Waals surface area contributed by atoms with Gasteiger partial charge in [0.1, 0.15) is 0 Å². The summed E-state index contributed by atoms with van der Waals surface area (Å²) in [5.41, 5.74) is 3.16. The topological polar surface area (TPSA) is 0 Å².